The van der Waals surface area contributed by atoms with E-state index in [2.05, 4.69) is 20.8 Å². The van der Waals surface area contributed by atoms with Gasteiger partial charge in [-0.3, -0.25) is 0 Å². The Hall–Kier alpha value is -0.0800. The lowest BCUT2D eigenvalue weighted by Gasteiger charge is -2.46. The van der Waals surface area contributed by atoms with Crippen LogP contribution in [0.25, 0.3) is 0 Å². The molecule has 1 saturated heterocycles. The normalized spacial score (nSPS) is 35.7. The number of aliphatic hydroxyl groups is 1. The number of hydrogen-bond acceptors (Lipinski definition) is 2. The molecule has 1 aliphatic heterocycles. The maximum Gasteiger partial charge on any atom is 0.0677 e. The minimum absolute atomic E-state index is 0.385. The summed E-state index contributed by atoms with van der Waals surface area (Å²) in [6, 6.07) is 0. The molecule has 2 aliphatic rings. The third-order valence-corrected chi connectivity index (χ3v) is 5.85. The topological polar surface area (TPSA) is 29.5 Å². The fourth-order valence-electron chi connectivity index (χ4n) is 3.83. The Morgan fingerprint density at radius 1 is 1.11 bits per heavy atom. The molecule has 1 heterocycles. The molecule has 0 unspecified atom stereocenters. The van der Waals surface area contributed by atoms with Gasteiger partial charge in [0, 0.05) is 13.2 Å². The van der Waals surface area contributed by atoms with Crippen LogP contribution < -0.4 is 0 Å². The predicted octanol–water partition coefficient (Wildman–Crippen LogP) is 3.77. The molecule has 2 heteroatoms. The number of ether oxygens (including phenoxy) is 1. The fourth-order valence-corrected chi connectivity index (χ4v) is 3.83. The molecule has 0 amide bonds. The van der Waals surface area contributed by atoms with E-state index >= 15 is 0 Å². The molecule has 1 aliphatic carbocycles. The summed E-state index contributed by atoms with van der Waals surface area (Å²) in [6.07, 6.45) is 7.77. The third kappa shape index (κ3) is 2.91. The van der Waals surface area contributed by atoms with Crippen LogP contribution in [0, 0.1) is 17.3 Å². The van der Waals surface area contributed by atoms with Gasteiger partial charge >= 0.3 is 0 Å². The smallest absolute Gasteiger partial charge is 0.0677 e. The van der Waals surface area contributed by atoms with Crippen molar-refractivity contribution < 1.29 is 9.84 Å². The number of rotatable bonds is 3. The van der Waals surface area contributed by atoms with E-state index < -0.39 is 0 Å². The zero-order valence-electron chi connectivity index (χ0n) is 12.4. The molecule has 1 N–H and O–H groups in total. The van der Waals surface area contributed by atoms with Gasteiger partial charge in [-0.25, -0.2) is 0 Å². The van der Waals surface area contributed by atoms with Gasteiger partial charge in [-0.05, 0) is 55.8 Å². The van der Waals surface area contributed by atoms with E-state index in [4.69, 9.17) is 4.74 Å². The van der Waals surface area contributed by atoms with Crippen LogP contribution in [0.1, 0.15) is 65.7 Å². The predicted molar refractivity (Wildman–Crippen MR) is 74.5 cm³/mol. The van der Waals surface area contributed by atoms with Crippen LogP contribution in [0.4, 0.5) is 0 Å². The van der Waals surface area contributed by atoms with E-state index in [0.29, 0.717) is 11.3 Å². The van der Waals surface area contributed by atoms with Crippen molar-refractivity contribution in [2.75, 3.05) is 13.2 Å². The highest BCUT2D eigenvalue weighted by Crippen LogP contribution is 2.47. The van der Waals surface area contributed by atoms with Crippen molar-refractivity contribution >= 4 is 0 Å². The largest absolute Gasteiger partial charge is 0.390 e. The summed E-state index contributed by atoms with van der Waals surface area (Å²) >= 11 is 0. The van der Waals surface area contributed by atoms with Crippen LogP contribution in [0.15, 0.2) is 0 Å². The van der Waals surface area contributed by atoms with E-state index in [9.17, 15) is 5.11 Å². The van der Waals surface area contributed by atoms with Crippen molar-refractivity contribution in [3.63, 3.8) is 0 Å². The average molecular weight is 254 g/mol. The molecule has 0 spiro atoms. The van der Waals surface area contributed by atoms with Gasteiger partial charge in [0.25, 0.3) is 0 Å². The lowest BCUT2D eigenvalue weighted by Crippen LogP contribution is -2.45. The summed E-state index contributed by atoms with van der Waals surface area (Å²) in [4.78, 5) is 0. The standard InChI is InChI=1S/C16H30O2/c1-4-15(2,3)13-5-9-16(17,10-6-13)14-7-11-18-12-8-14/h13-14,17H,4-12H2,1-3H3. The summed E-state index contributed by atoms with van der Waals surface area (Å²) in [7, 11) is 0. The quantitative estimate of drug-likeness (QED) is 0.830. The molecule has 0 radical (unpaired) electrons. The van der Waals surface area contributed by atoms with Gasteiger partial charge in [-0.15, -0.1) is 0 Å². The zero-order chi connectivity index (χ0) is 13.2. The van der Waals surface area contributed by atoms with Crippen LogP contribution in [0.3, 0.4) is 0 Å². The van der Waals surface area contributed by atoms with Crippen molar-refractivity contribution in [2.24, 2.45) is 17.3 Å². The highest BCUT2D eigenvalue weighted by Gasteiger charge is 2.43. The van der Waals surface area contributed by atoms with Crippen LogP contribution in [0.2, 0.25) is 0 Å². The van der Waals surface area contributed by atoms with Crippen LogP contribution in [0.5, 0.6) is 0 Å². The Morgan fingerprint density at radius 2 is 1.67 bits per heavy atom. The molecular weight excluding hydrogens is 224 g/mol. The zero-order valence-corrected chi connectivity index (χ0v) is 12.4. The highest BCUT2D eigenvalue weighted by atomic mass is 16.5. The van der Waals surface area contributed by atoms with E-state index in [0.717, 1.165) is 44.8 Å². The molecule has 0 bridgehead atoms. The van der Waals surface area contributed by atoms with Gasteiger partial charge in [0.1, 0.15) is 0 Å². The van der Waals surface area contributed by atoms with Crippen LogP contribution >= 0.6 is 0 Å². The summed E-state index contributed by atoms with van der Waals surface area (Å²) in [5, 5.41) is 10.9. The van der Waals surface area contributed by atoms with E-state index in [1.165, 1.54) is 19.3 Å². The minimum atomic E-state index is -0.385. The summed E-state index contributed by atoms with van der Waals surface area (Å²) in [5.41, 5.74) is 0.0567. The Kier molecular flexibility index (Phi) is 4.38. The van der Waals surface area contributed by atoms with E-state index in [1.807, 2.05) is 0 Å². The minimum Gasteiger partial charge on any atom is -0.390 e. The summed E-state index contributed by atoms with van der Waals surface area (Å²) in [6.45, 7) is 8.75. The number of hydrogen-bond donors (Lipinski definition) is 1. The Balaban J connectivity index is 1.92. The fraction of sp³-hybridized carbons (Fsp3) is 1.00. The van der Waals surface area contributed by atoms with E-state index in [-0.39, 0.29) is 5.60 Å². The van der Waals surface area contributed by atoms with Crippen molar-refractivity contribution in [3.8, 4) is 0 Å². The monoisotopic (exact) mass is 254 g/mol. The van der Waals surface area contributed by atoms with E-state index in [1.54, 1.807) is 0 Å². The van der Waals surface area contributed by atoms with Gasteiger partial charge in [0.15, 0.2) is 0 Å². The van der Waals surface area contributed by atoms with Crippen molar-refractivity contribution in [1.82, 2.24) is 0 Å². The third-order valence-electron chi connectivity index (χ3n) is 5.85. The first-order valence-electron chi connectivity index (χ1n) is 7.78. The first kappa shape index (κ1) is 14.3. The highest BCUT2D eigenvalue weighted by molar-refractivity contribution is 4.94. The Bertz CT molecular complexity index is 258. The SMILES string of the molecule is CCC(C)(C)C1CCC(O)(C2CCOCC2)CC1. The average Bonchev–Trinajstić information content (AvgIpc) is 2.40. The van der Waals surface area contributed by atoms with Gasteiger partial charge in [-0.1, -0.05) is 27.2 Å². The molecule has 1 saturated carbocycles. The molecule has 2 rings (SSSR count). The molecule has 2 fully saturated rings. The van der Waals surface area contributed by atoms with Gasteiger partial charge in [0.2, 0.25) is 0 Å². The molecule has 0 aromatic rings. The van der Waals surface area contributed by atoms with Crippen LogP contribution in [-0.4, -0.2) is 23.9 Å². The molecule has 0 aromatic heterocycles. The lowest BCUT2D eigenvalue weighted by atomic mass is 9.63. The molecule has 0 atom stereocenters. The Morgan fingerprint density at radius 3 is 2.17 bits per heavy atom. The Labute approximate surface area is 112 Å². The molecular formula is C16H30O2. The molecule has 0 aromatic carbocycles. The first-order valence-corrected chi connectivity index (χ1v) is 7.78. The lowest BCUT2D eigenvalue weighted by molar-refractivity contribution is -0.101. The maximum absolute atomic E-state index is 10.9. The van der Waals surface area contributed by atoms with Crippen LogP contribution in [-0.2, 0) is 4.74 Å². The second-order valence-electron chi connectivity index (χ2n) is 7.11. The first-order chi connectivity index (χ1) is 8.48. The molecule has 2 nitrogen and oxygen atoms in total. The van der Waals surface area contributed by atoms with Gasteiger partial charge in [0.05, 0.1) is 5.60 Å². The second-order valence-corrected chi connectivity index (χ2v) is 7.11. The summed E-state index contributed by atoms with van der Waals surface area (Å²) < 4.78 is 5.42. The second kappa shape index (κ2) is 5.50. The molecule has 106 valence electrons. The molecule has 18 heavy (non-hydrogen) atoms. The van der Waals surface area contributed by atoms with Crippen molar-refractivity contribution in [3.05, 3.63) is 0 Å². The van der Waals surface area contributed by atoms with Gasteiger partial charge in [-0.2, -0.15) is 0 Å². The van der Waals surface area contributed by atoms with Crippen molar-refractivity contribution in [2.45, 2.75) is 71.3 Å². The maximum atomic E-state index is 10.9. The summed E-state index contributed by atoms with van der Waals surface area (Å²) in [5.74, 6) is 1.28. The van der Waals surface area contributed by atoms with Gasteiger partial charge < -0.3 is 9.84 Å². The van der Waals surface area contributed by atoms with Crippen molar-refractivity contribution in [1.29, 1.82) is 0 Å².